The first-order valence-electron chi connectivity index (χ1n) is 6.01. The van der Waals surface area contributed by atoms with E-state index in [4.69, 9.17) is 0 Å². The van der Waals surface area contributed by atoms with E-state index in [1.54, 1.807) is 0 Å². The highest BCUT2D eigenvalue weighted by atomic mass is 15.2. The van der Waals surface area contributed by atoms with Gasteiger partial charge in [-0.05, 0) is 26.8 Å². The number of hydrogen-bond donors (Lipinski definition) is 1. The Kier molecular flexibility index (Phi) is 7.20. The van der Waals surface area contributed by atoms with Crippen molar-refractivity contribution in [2.45, 2.75) is 66.1 Å². The normalized spacial score (nSPS) is 16.3. The van der Waals surface area contributed by atoms with Crippen LogP contribution in [0.1, 0.15) is 48.0 Å². The maximum Gasteiger partial charge on any atom is 0.0195 e. The van der Waals surface area contributed by atoms with E-state index >= 15 is 0 Å². The van der Waals surface area contributed by atoms with Crippen LogP contribution in [-0.4, -0.2) is 36.1 Å². The molecule has 0 saturated carbocycles. The molecule has 0 saturated heterocycles. The molecule has 86 valence electrons. The van der Waals surface area contributed by atoms with Crippen molar-refractivity contribution < 1.29 is 0 Å². The molecule has 0 aliphatic carbocycles. The van der Waals surface area contributed by atoms with Crippen molar-refractivity contribution in [1.82, 2.24) is 10.2 Å². The van der Waals surface area contributed by atoms with Gasteiger partial charge in [-0.3, -0.25) is 4.90 Å². The SMILES string of the molecule is CCC(C)N(CC)C(C)CNC(C)C. The number of hydrogen-bond acceptors (Lipinski definition) is 2. The van der Waals surface area contributed by atoms with Crippen molar-refractivity contribution >= 4 is 0 Å². The fraction of sp³-hybridized carbons (Fsp3) is 1.00. The van der Waals surface area contributed by atoms with Gasteiger partial charge in [0, 0.05) is 24.7 Å². The lowest BCUT2D eigenvalue weighted by Crippen LogP contribution is -2.46. The Bertz CT molecular complexity index is 134. The Hall–Kier alpha value is -0.0800. The first-order chi connectivity index (χ1) is 6.52. The zero-order valence-electron chi connectivity index (χ0n) is 10.8. The Morgan fingerprint density at radius 3 is 1.93 bits per heavy atom. The average molecular weight is 200 g/mol. The summed E-state index contributed by atoms with van der Waals surface area (Å²) in [6.07, 6.45) is 1.24. The molecule has 0 bridgehead atoms. The summed E-state index contributed by atoms with van der Waals surface area (Å²) in [5.41, 5.74) is 0. The minimum absolute atomic E-state index is 0.591. The topological polar surface area (TPSA) is 15.3 Å². The van der Waals surface area contributed by atoms with Crippen molar-refractivity contribution in [3.63, 3.8) is 0 Å². The summed E-state index contributed by atoms with van der Waals surface area (Å²) in [5.74, 6) is 0. The molecule has 2 heteroatoms. The second-order valence-corrected chi connectivity index (χ2v) is 4.50. The van der Waals surface area contributed by atoms with E-state index in [-0.39, 0.29) is 0 Å². The molecule has 0 amide bonds. The van der Waals surface area contributed by atoms with Crippen LogP contribution in [0.15, 0.2) is 0 Å². The standard InChI is InChI=1S/C12H28N2/c1-7-11(5)14(8-2)12(6)9-13-10(3)4/h10-13H,7-9H2,1-6H3. The Balaban J connectivity index is 3.97. The molecule has 0 radical (unpaired) electrons. The molecular formula is C12H28N2. The van der Waals surface area contributed by atoms with Gasteiger partial charge in [-0.1, -0.05) is 27.7 Å². The van der Waals surface area contributed by atoms with Crippen molar-refractivity contribution in [3.8, 4) is 0 Å². The molecule has 0 aromatic rings. The number of nitrogens with zero attached hydrogens (tertiary/aromatic N) is 1. The quantitative estimate of drug-likeness (QED) is 0.679. The molecule has 1 N–H and O–H groups in total. The second-order valence-electron chi connectivity index (χ2n) is 4.50. The Morgan fingerprint density at radius 2 is 1.57 bits per heavy atom. The molecular weight excluding hydrogens is 172 g/mol. The zero-order chi connectivity index (χ0) is 11.1. The van der Waals surface area contributed by atoms with E-state index in [2.05, 4.69) is 51.8 Å². The zero-order valence-corrected chi connectivity index (χ0v) is 10.8. The van der Waals surface area contributed by atoms with Crippen LogP contribution in [0.4, 0.5) is 0 Å². The van der Waals surface area contributed by atoms with Gasteiger partial charge in [0.2, 0.25) is 0 Å². The summed E-state index contributed by atoms with van der Waals surface area (Å²) in [4.78, 5) is 2.56. The predicted octanol–water partition coefficient (Wildman–Crippen LogP) is 2.49. The summed E-state index contributed by atoms with van der Waals surface area (Å²) >= 11 is 0. The smallest absolute Gasteiger partial charge is 0.0195 e. The van der Waals surface area contributed by atoms with E-state index in [0.29, 0.717) is 18.1 Å². The van der Waals surface area contributed by atoms with E-state index in [0.717, 1.165) is 13.1 Å². The first-order valence-corrected chi connectivity index (χ1v) is 6.01. The van der Waals surface area contributed by atoms with Gasteiger partial charge in [0.1, 0.15) is 0 Å². The molecule has 2 nitrogen and oxygen atoms in total. The van der Waals surface area contributed by atoms with Gasteiger partial charge in [0.15, 0.2) is 0 Å². The third kappa shape index (κ3) is 4.97. The van der Waals surface area contributed by atoms with Crippen molar-refractivity contribution in [2.75, 3.05) is 13.1 Å². The van der Waals surface area contributed by atoms with Crippen LogP contribution < -0.4 is 5.32 Å². The summed E-state index contributed by atoms with van der Waals surface area (Å²) in [6.45, 7) is 15.8. The fourth-order valence-corrected chi connectivity index (χ4v) is 1.82. The minimum Gasteiger partial charge on any atom is -0.313 e. The van der Waals surface area contributed by atoms with Gasteiger partial charge in [-0.2, -0.15) is 0 Å². The fourth-order valence-electron chi connectivity index (χ4n) is 1.82. The molecule has 0 fully saturated rings. The number of likely N-dealkylation sites (N-methyl/N-ethyl adjacent to an activating group) is 1. The van der Waals surface area contributed by atoms with Gasteiger partial charge in [-0.25, -0.2) is 0 Å². The van der Waals surface area contributed by atoms with Crippen LogP contribution in [0.25, 0.3) is 0 Å². The molecule has 2 atom stereocenters. The molecule has 2 unspecified atom stereocenters. The van der Waals surface area contributed by atoms with E-state index in [9.17, 15) is 0 Å². The third-order valence-corrected chi connectivity index (χ3v) is 2.91. The largest absolute Gasteiger partial charge is 0.313 e. The molecule has 0 rings (SSSR count). The van der Waals surface area contributed by atoms with Gasteiger partial charge >= 0.3 is 0 Å². The molecule has 0 aliphatic heterocycles. The lowest BCUT2D eigenvalue weighted by atomic mass is 10.1. The summed E-state index contributed by atoms with van der Waals surface area (Å²) in [5, 5.41) is 3.50. The Labute approximate surface area is 90.1 Å². The van der Waals surface area contributed by atoms with Crippen LogP contribution in [0.3, 0.4) is 0 Å². The van der Waals surface area contributed by atoms with Gasteiger partial charge in [0.05, 0.1) is 0 Å². The van der Waals surface area contributed by atoms with Crippen LogP contribution in [0, 0.1) is 0 Å². The van der Waals surface area contributed by atoms with Crippen molar-refractivity contribution in [2.24, 2.45) is 0 Å². The lowest BCUT2D eigenvalue weighted by Gasteiger charge is -2.33. The minimum atomic E-state index is 0.591. The lowest BCUT2D eigenvalue weighted by molar-refractivity contribution is 0.154. The first kappa shape index (κ1) is 13.9. The van der Waals surface area contributed by atoms with E-state index < -0.39 is 0 Å². The Morgan fingerprint density at radius 1 is 1.00 bits per heavy atom. The van der Waals surface area contributed by atoms with Crippen LogP contribution in [-0.2, 0) is 0 Å². The summed E-state index contributed by atoms with van der Waals surface area (Å²) in [7, 11) is 0. The molecule has 0 heterocycles. The average Bonchev–Trinajstić information content (AvgIpc) is 2.15. The maximum atomic E-state index is 3.50. The monoisotopic (exact) mass is 200 g/mol. The van der Waals surface area contributed by atoms with Crippen LogP contribution in [0.5, 0.6) is 0 Å². The van der Waals surface area contributed by atoms with E-state index in [1.807, 2.05) is 0 Å². The number of rotatable bonds is 7. The van der Waals surface area contributed by atoms with Crippen LogP contribution >= 0.6 is 0 Å². The maximum absolute atomic E-state index is 3.50. The van der Waals surface area contributed by atoms with Gasteiger partial charge in [0.25, 0.3) is 0 Å². The highest BCUT2D eigenvalue weighted by Gasteiger charge is 2.16. The van der Waals surface area contributed by atoms with Crippen molar-refractivity contribution in [3.05, 3.63) is 0 Å². The summed E-state index contributed by atoms with van der Waals surface area (Å²) in [6, 6.07) is 1.93. The third-order valence-electron chi connectivity index (χ3n) is 2.91. The van der Waals surface area contributed by atoms with E-state index in [1.165, 1.54) is 6.42 Å². The molecule has 14 heavy (non-hydrogen) atoms. The molecule has 0 aromatic heterocycles. The van der Waals surface area contributed by atoms with Gasteiger partial charge in [-0.15, -0.1) is 0 Å². The number of nitrogens with one attached hydrogen (secondary N) is 1. The summed E-state index contributed by atoms with van der Waals surface area (Å²) < 4.78 is 0. The predicted molar refractivity (Wildman–Crippen MR) is 64.7 cm³/mol. The van der Waals surface area contributed by atoms with Crippen molar-refractivity contribution in [1.29, 1.82) is 0 Å². The molecule has 0 aromatic carbocycles. The highest BCUT2D eigenvalue weighted by molar-refractivity contribution is 4.74. The molecule has 0 spiro atoms. The van der Waals surface area contributed by atoms with Gasteiger partial charge < -0.3 is 5.32 Å². The molecule has 0 aliphatic rings. The van der Waals surface area contributed by atoms with Crippen LogP contribution in [0.2, 0.25) is 0 Å². The second kappa shape index (κ2) is 7.24. The highest BCUT2D eigenvalue weighted by Crippen LogP contribution is 2.07.